The van der Waals surface area contributed by atoms with E-state index in [2.05, 4.69) is 83.1 Å². The zero-order valence-corrected chi connectivity index (χ0v) is 65.9. The molecule has 25 rings (SSSR count). The van der Waals surface area contributed by atoms with Gasteiger partial charge in [-0.3, -0.25) is 0 Å². The number of benzene rings is 8. The Morgan fingerprint density at radius 1 is 0.241 bits per heavy atom. The first-order valence-electron chi connectivity index (χ1n) is 41.1. The van der Waals surface area contributed by atoms with E-state index in [1.54, 1.807) is 24.3 Å². The van der Waals surface area contributed by atoms with Crippen molar-refractivity contribution in [3.63, 3.8) is 0 Å². The minimum atomic E-state index is -1.09. The predicted molar refractivity (Wildman–Crippen MR) is 428 cm³/mol. The van der Waals surface area contributed by atoms with Crippen molar-refractivity contribution in [2.45, 2.75) is 205 Å². The summed E-state index contributed by atoms with van der Waals surface area (Å²) in [5, 5.41) is 104. The van der Waals surface area contributed by atoms with Gasteiger partial charge >= 0.3 is 28.5 Å². The normalized spacial score (nSPS) is 36.5. The fraction of sp³-hybridized carbons (Fsp3) is 0.478. The Balaban J connectivity index is 0.751. The third kappa shape index (κ3) is 9.93. The smallest absolute Gasteiger partial charge is 0.494 e. The van der Waals surface area contributed by atoms with Gasteiger partial charge in [-0.2, -0.15) is 0 Å². The Morgan fingerprint density at radius 3 is 0.571 bits per heavy atom. The molecule has 4 saturated heterocycles. The van der Waals surface area contributed by atoms with Crippen LogP contribution in [0.5, 0.6) is 46.0 Å². The van der Waals surface area contributed by atoms with Crippen LogP contribution in [0.15, 0.2) is 146 Å². The molecule has 0 amide bonds. The predicted octanol–water partition coefficient (Wildman–Crippen LogP) is 14.1. The van der Waals surface area contributed by atoms with Crippen LogP contribution in [0.3, 0.4) is 0 Å². The molecule has 16 nitrogen and oxygen atoms in total. The Kier molecular flexibility index (Phi) is 15.3. The molecule has 0 aromatic heterocycles. The maximum atomic E-state index is 12.9. The Morgan fingerprint density at radius 2 is 0.411 bits per heavy atom. The van der Waals surface area contributed by atoms with Crippen LogP contribution < -0.4 is 21.9 Å². The lowest BCUT2D eigenvalue weighted by Crippen LogP contribution is -2.65. The summed E-state index contributed by atoms with van der Waals surface area (Å²) in [5.41, 5.74) is 5.84. The van der Waals surface area contributed by atoms with Crippen LogP contribution in [0, 0.1) is 69.0 Å². The van der Waals surface area contributed by atoms with Crippen molar-refractivity contribution in [1.29, 1.82) is 0 Å². The average molecular weight is 1510 g/mol. The van der Waals surface area contributed by atoms with Crippen molar-refractivity contribution in [3.8, 4) is 46.0 Å². The van der Waals surface area contributed by atoms with Crippen LogP contribution in [0.25, 0.3) is 0 Å². The SMILES string of the molecule is CC1(C)[C@@H]2C[C@H]3OB(c4ccc(C5c6cc(c(O)cc6O)C(c6ccc(B7O[C@@H]8C[C@@H]9C[C@@H](C9(C)C)[C@]8(C)O7)cc6)c6cc(c(O)cc6O)C(c6ccc(B7O[C@@H]8C[C@@H]9C[C@@H](C9(C)C)[C@]8(C)O7)cc6)c6cc(c(O)cc6O)C(c6ccc(B7O[C@@H]8C[C@@H]9C[C@@H](C9(C)C)[C@]8(C)O7)cc6)c6cc5c(O)cc6O)cc4)O[C@@]3(C)[C@H]1C2. The standard InChI is InChI=1S/C92H100B4O16/c1-85(2)49-29-73(85)89(9)77(33-49)105-93(109-89)53-21-13-45(14-22-53)81-57-37-59(67(99)41-65(57)97)82(46-15-23-54(24-16-46)94-106-78-34-50-30-74(86(50,3)4)90(78,10)110-94)61-39-63(71(103)43-69(61)101)84(48-19-27-56(28-20-48)96-108-80-36-52-32-76(88(52,7)8)92(80,12)112-96)64-40-62(70(102)44-72(64)104)83(60-38-58(81)66(98)42-68(60)100)47-17-25-55(26-18-47)95-107-79-35-51-31-75(87(51,5)6)91(79,11)111-95/h13-28,37-44,49-52,73-84,97-104H,29-36H2,1-12H3/t49-,50-,51-,52-,73-,74-,75-,76-,77+,78+,79+,80+,81?,82?,83?,84?,89-,90-,91-,92-/m0/s1. The van der Waals surface area contributed by atoms with Gasteiger partial charge < -0.3 is 78.1 Å². The number of hydrogen-bond donors (Lipinski definition) is 8. The number of aromatic hydroxyl groups is 8. The molecule has 17 aliphatic rings. The van der Waals surface area contributed by atoms with E-state index in [9.17, 15) is 40.9 Å². The molecule has 0 spiro atoms. The fourth-order valence-electron chi connectivity index (χ4n) is 25.8. The largest absolute Gasteiger partial charge is 0.507 e. The van der Waals surface area contributed by atoms with E-state index in [0.717, 1.165) is 73.2 Å². The lowest BCUT2D eigenvalue weighted by Gasteiger charge is -2.64. The summed E-state index contributed by atoms with van der Waals surface area (Å²) in [4.78, 5) is 0. The highest BCUT2D eigenvalue weighted by molar-refractivity contribution is 6.63. The molecule has 576 valence electrons. The molecule has 12 saturated carbocycles. The van der Waals surface area contributed by atoms with Gasteiger partial charge in [0.15, 0.2) is 0 Å². The van der Waals surface area contributed by atoms with Crippen LogP contribution in [0.1, 0.15) is 225 Å². The second kappa shape index (κ2) is 23.9. The van der Waals surface area contributed by atoms with Crippen molar-refractivity contribution in [1.82, 2.24) is 0 Å². The second-order valence-electron chi connectivity index (χ2n) is 39.5. The van der Waals surface area contributed by atoms with Gasteiger partial charge in [0.2, 0.25) is 0 Å². The molecule has 8 aromatic carbocycles. The van der Waals surface area contributed by atoms with Gasteiger partial charge in [-0.1, -0.05) is 152 Å². The van der Waals surface area contributed by atoms with Gasteiger partial charge in [0.1, 0.15) is 46.0 Å². The molecule has 16 atom stereocenters. The first-order valence-corrected chi connectivity index (χ1v) is 41.1. The lowest BCUT2D eigenvalue weighted by atomic mass is 9.43. The van der Waals surface area contributed by atoms with E-state index < -0.39 is 74.5 Å². The fourth-order valence-corrected chi connectivity index (χ4v) is 25.8. The molecule has 4 aliphatic heterocycles. The van der Waals surface area contributed by atoms with Crippen molar-refractivity contribution < 1.29 is 78.1 Å². The molecule has 8 N–H and O–H groups in total. The summed E-state index contributed by atoms with van der Waals surface area (Å²) < 4.78 is 55.5. The summed E-state index contributed by atoms with van der Waals surface area (Å²) in [5.74, 6) is -3.56. The highest BCUT2D eigenvalue weighted by Gasteiger charge is 2.72. The van der Waals surface area contributed by atoms with Crippen molar-refractivity contribution in [3.05, 3.63) is 212 Å². The van der Waals surface area contributed by atoms with Crippen LogP contribution in [0.4, 0.5) is 0 Å². The molecular formula is C92H100B4O16. The first kappa shape index (κ1) is 71.8. The number of phenols is 8. The lowest BCUT2D eigenvalue weighted by molar-refractivity contribution is -0.199. The van der Waals surface area contributed by atoms with Crippen LogP contribution in [-0.4, -0.2) is 116 Å². The van der Waals surface area contributed by atoms with E-state index in [0.29, 0.717) is 69.6 Å². The van der Waals surface area contributed by atoms with E-state index in [1.807, 2.05) is 97.1 Å². The van der Waals surface area contributed by atoms with Crippen molar-refractivity contribution in [2.75, 3.05) is 0 Å². The summed E-state index contributed by atoms with van der Waals surface area (Å²) in [6.45, 7) is 27.4. The number of rotatable bonds is 8. The molecule has 8 aromatic rings. The first-order chi connectivity index (χ1) is 53.1. The molecule has 112 heavy (non-hydrogen) atoms. The van der Waals surface area contributed by atoms with Crippen molar-refractivity contribution in [2.24, 2.45) is 69.0 Å². The maximum Gasteiger partial charge on any atom is 0.494 e. The Labute approximate surface area is 657 Å². The molecule has 16 fully saturated rings. The van der Waals surface area contributed by atoms with Crippen LogP contribution in [-0.2, 0) is 37.2 Å². The Hall–Kier alpha value is -7.90. The molecule has 0 radical (unpaired) electrons. The quantitative estimate of drug-likeness (QED) is 0.0661. The summed E-state index contributed by atoms with van der Waals surface area (Å²) in [7, 11) is -2.71. The minimum Gasteiger partial charge on any atom is -0.507 e. The summed E-state index contributed by atoms with van der Waals surface area (Å²) in [6, 6.07) is 43.1. The third-order valence-electron chi connectivity index (χ3n) is 33.2. The number of phenolic OH excluding ortho intramolecular Hbond substituents is 8. The Bertz CT molecular complexity index is 4480. The van der Waals surface area contributed by atoms with Crippen LogP contribution >= 0.6 is 0 Å². The molecule has 16 bridgehead atoms. The number of fused-ring (bicyclic) bond motifs is 8. The minimum absolute atomic E-state index is 0.0922. The zero-order chi connectivity index (χ0) is 77.7. The van der Waals surface area contributed by atoms with Gasteiger partial charge in [0, 0.05) is 92.4 Å². The van der Waals surface area contributed by atoms with E-state index >= 15 is 0 Å². The van der Waals surface area contributed by atoms with Gasteiger partial charge in [-0.05, 0) is 216 Å². The molecule has 20 heteroatoms. The van der Waals surface area contributed by atoms with E-state index in [1.165, 1.54) is 24.3 Å². The topological polar surface area (TPSA) is 236 Å². The van der Waals surface area contributed by atoms with Gasteiger partial charge in [0.25, 0.3) is 0 Å². The monoisotopic (exact) mass is 1500 g/mol. The number of hydrogen-bond acceptors (Lipinski definition) is 16. The van der Waals surface area contributed by atoms with Gasteiger partial charge in [-0.15, -0.1) is 0 Å². The zero-order valence-electron chi connectivity index (χ0n) is 65.9. The molecule has 0 unspecified atom stereocenters. The van der Waals surface area contributed by atoms with Gasteiger partial charge in [0.05, 0.1) is 46.8 Å². The highest BCUT2D eigenvalue weighted by atomic mass is 16.7. The molecule has 4 heterocycles. The van der Waals surface area contributed by atoms with Crippen LogP contribution in [0.2, 0.25) is 0 Å². The average Bonchev–Trinajstić information content (AvgIpc) is 1.38. The second-order valence-corrected chi connectivity index (χ2v) is 39.5. The maximum absolute atomic E-state index is 12.9. The summed E-state index contributed by atoms with van der Waals surface area (Å²) >= 11 is 0. The molecule has 13 aliphatic carbocycles. The third-order valence-corrected chi connectivity index (χ3v) is 33.2. The van der Waals surface area contributed by atoms with Gasteiger partial charge in [-0.25, -0.2) is 0 Å². The highest BCUT2D eigenvalue weighted by Crippen LogP contribution is 2.70. The van der Waals surface area contributed by atoms with E-state index in [-0.39, 0.29) is 137 Å². The molecular weight excluding hydrogens is 1400 g/mol. The summed E-state index contributed by atoms with van der Waals surface area (Å²) in [6.07, 6.45) is 7.57. The van der Waals surface area contributed by atoms with E-state index in [4.69, 9.17) is 37.2 Å². The van der Waals surface area contributed by atoms with Crippen molar-refractivity contribution >= 4 is 50.3 Å².